The Labute approximate surface area is 185 Å². The zero-order valence-corrected chi connectivity index (χ0v) is 18.3. The molecule has 0 saturated carbocycles. The highest BCUT2D eigenvalue weighted by Gasteiger charge is 2.22. The lowest BCUT2D eigenvalue weighted by molar-refractivity contribution is 0.109. The summed E-state index contributed by atoms with van der Waals surface area (Å²) in [4.78, 5) is 21.6. The molecule has 0 aliphatic carbocycles. The first kappa shape index (κ1) is 21.5. The molecule has 164 valence electrons. The van der Waals surface area contributed by atoms with Crippen molar-refractivity contribution in [2.45, 2.75) is 26.0 Å². The van der Waals surface area contributed by atoms with Gasteiger partial charge in [0.15, 0.2) is 5.82 Å². The van der Waals surface area contributed by atoms with Crippen molar-refractivity contribution in [2.75, 3.05) is 38.2 Å². The van der Waals surface area contributed by atoms with Gasteiger partial charge in [0.2, 0.25) is 5.89 Å². The van der Waals surface area contributed by atoms with Gasteiger partial charge < -0.3 is 14.2 Å². The molecule has 0 spiro atoms. The number of aromatic nitrogens is 4. The lowest BCUT2D eigenvalue weighted by atomic mass is 10.3. The van der Waals surface area contributed by atoms with E-state index in [4.69, 9.17) is 20.9 Å². The Balaban J connectivity index is 1.45. The Morgan fingerprint density at radius 2 is 2.00 bits per heavy atom. The Morgan fingerprint density at radius 3 is 2.77 bits per heavy atom. The van der Waals surface area contributed by atoms with Gasteiger partial charge in [-0.15, -0.1) is 0 Å². The normalized spacial score (nSPS) is 16.3. The molecule has 1 atom stereocenters. The number of nitrogens with zero attached hydrogens (tertiary/aromatic N) is 6. The highest BCUT2D eigenvalue weighted by molar-refractivity contribution is 6.33. The van der Waals surface area contributed by atoms with E-state index in [1.54, 1.807) is 13.3 Å². The van der Waals surface area contributed by atoms with E-state index in [9.17, 15) is 4.79 Å². The van der Waals surface area contributed by atoms with Crippen LogP contribution in [0, 0.1) is 0 Å². The van der Waals surface area contributed by atoms with Gasteiger partial charge in [-0.25, -0.2) is 0 Å². The van der Waals surface area contributed by atoms with Gasteiger partial charge in [0.1, 0.15) is 11.1 Å². The molecule has 1 aliphatic rings. The average molecular weight is 445 g/mol. The first-order valence-electron chi connectivity index (χ1n) is 10.2. The van der Waals surface area contributed by atoms with Gasteiger partial charge in [-0.3, -0.25) is 9.69 Å². The van der Waals surface area contributed by atoms with Gasteiger partial charge in [0, 0.05) is 33.3 Å². The van der Waals surface area contributed by atoms with Crippen LogP contribution < -0.4 is 10.5 Å². The summed E-state index contributed by atoms with van der Waals surface area (Å²) in [5, 5.41) is 8.51. The summed E-state index contributed by atoms with van der Waals surface area (Å²) in [6, 6.07) is 9.25. The minimum Gasteiger partial charge on any atom is -0.374 e. The van der Waals surface area contributed by atoms with Crippen LogP contribution in [0.1, 0.15) is 31.2 Å². The SMILES string of the molecule is COC(C)c1noc(CN2CCCN(c3cnn(-c4ccccc4)c(=O)c3Cl)CC2)n1. The summed E-state index contributed by atoms with van der Waals surface area (Å²) in [6.45, 7) is 5.59. The maximum absolute atomic E-state index is 12.8. The maximum Gasteiger partial charge on any atom is 0.292 e. The fourth-order valence-electron chi connectivity index (χ4n) is 3.56. The summed E-state index contributed by atoms with van der Waals surface area (Å²) < 4.78 is 11.9. The van der Waals surface area contributed by atoms with E-state index in [-0.39, 0.29) is 16.7 Å². The minimum atomic E-state index is -0.322. The van der Waals surface area contributed by atoms with Gasteiger partial charge in [-0.05, 0) is 25.5 Å². The smallest absolute Gasteiger partial charge is 0.292 e. The van der Waals surface area contributed by atoms with Crippen LogP contribution in [0.3, 0.4) is 0 Å². The van der Waals surface area contributed by atoms with E-state index >= 15 is 0 Å². The predicted molar refractivity (Wildman–Crippen MR) is 117 cm³/mol. The molecule has 3 aromatic rings. The van der Waals surface area contributed by atoms with E-state index in [2.05, 4.69) is 25.0 Å². The topological polar surface area (TPSA) is 89.5 Å². The molecule has 9 nitrogen and oxygen atoms in total. The number of ether oxygens (including phenoxy) is 1. The lowest BCUT2D eigenvalue weighted by Gasteiger charge is -2.24. The molecule has 10 heteroatoms. The molecular weight excluding hydrogens is 420 g/mol. The van der Waals surface area contributed by atoms with E-state index in [0.29, 0.717) is 36.2 Å². The van der Waals surface area contributed by atoms with E-state index in [0.717, 1.165) is 26.1 Å². The van der Waals surface area contributed by atoms with Crippen LogP contribution in [0.15, 0.2) is 45.8 Å². The van der Waals surface area contributed by atoms with Crippen LogP contribution in [-0.4, -0.2) is 58.1 Å². The van der Waals surface area contributed by atoms with E-state index in [1.807, 2.05) is 37.3 Å². The Kier molecular flexibility index (Phi) is 6.64. The van der Waals surface area contributed by atoms with Crippen LogP contribution in [0.5, 0.6) is 0 Å². The fraction of sp³-hybridized carbons (Fsp3) is 0.429. The Bertz CT molecular complexity index is 1070. The van der Waals surface area contributed by atoms with Crippen molar-refractivity contribution in [2.24, 2.45) is 0 Å². The second-order valence-corrected chi connectivity index (χ2v) is 7.82. The molecule has 31 heavy (non-hydrogen) atoms. The van der Waals surface area contributed by atoms with E-state index < -0.39 is 0 Å². The van der Waals surface area contributed by atoms with Crippen molar-refractivity contribution in [3.63, 3.8) is 0 Å². The van der Waals surface area contributed by atoms with Gasteiger partial charge in [0.25, 0.3) is 5.56 Å². The predicted octanol–water partition coefficient (Wildman–Crippen LogP) is 2.69. The molecule has 0 radical (unpaired) electrons. The van der Waals surface area contributed by atoms with Crippen molar-refractivity contribution in [1.82, 2.24) is 24.8 Å². The quantitative estimate of drug-likeness (QED) is 0.573. The number of rotatable bonds is 6. The Morgan fingerprint density at radius 1 is 1.19 bits per heavy atom. The van der Waals surface area contributed by atoms with Crippen molar-refractivity contribution in [3.8, 4) is 5.69 Å². The molecular formula is C21H25ClN6O3. The third-order valence-electron chi connectivity index (χ3n) is 5.39. The molecule has 1 fully saturated rings. The summed E-state index contributed by atoms with van der Waals surface area (Å²) in [7, 11) is 1.61. The lowest BCUT2D eigenvalue weighted by Crippen LogP contribution is -2.32. The van der Waals surface area contributed by atoms with Gasteiger partial charge in [-0.2, -0.15) is 14.8 Å². The highest BCUT2D eigenvalue weighted by atomic mass is 35.5. The zero-order chi connectivity index (χ0) is 21.8. The standard InChI is InChI=1S/C21H25ClN6O3/c1-15(30-2)20-24-18(31-25-20)14-26-9-6-10-27(12-11-26)17-13-23-28(21(29)19(17)22)16-7-4-3-5-8-16/h3-5,7-8,13,15H,6,9-12,14H2,1-2H3. The molecule has 1 aliphatic heterocycles. The van der Waals surface area contributed by atoms with E-state index in [1.165, 1.54) is 4.68 Å². The fourth-order valence-corrected chi connectivity index (χ4v) is 3.81. The number of methoxy groups -OCH3 is 1. The maximum atomic E-state index is 12.8. The largest absolute Gasteiger partial charge is 0.374 e. The summed E-state index contributed by atoms with van der Waals surface area (Å²) in [6.07, 6.45) is 2.38. The number of anilines is 1. The third kappa shape index (κ3) is 4.79. The van der Waals surface area contributed by atoms with Gasteiger partial charge in [0.05, 0.1) is 24.1 Å². The average Bonchev–Trinajstić information content (AvgIpc) is 3.14. The Hall–Kier alpha value is -2.75. The summed E-state index contributed by atoms with van der Waals surface area (Å²) in [5.41, 5.74) is 1.02. The highest BCUT2D eigenvalue weighted by Crippen LogP contribution is 2.23. The van der Waals surface area contributed by atoms with Crippen molar-refractivity contribution >= 4 is 17.3 Å². The second kappa shape index (κ2) is 9.59. The van der Waals surface area contributed by atoms with Crippen LogP contribution in [0.4, 0.5) is 5.69 Å². The van der Waals surface area contributed by atoms with Gasteiger partial charge in [-0.1, -0.05) is 35.0 Å². The first-order chi connectivity index (χ1) is 15.1. The van der Waals surface area contributed by atoms with Crippen LogP contribution in [-0.2, 0) is 11.3 Å². The monoisotopic (exact) mass is 444 g/mol. The molecule has 1 unspecified atom stereocenters. The molecule has 0 N–H and O–H groups in total. The molecule has 0 bridgehead atoms. The molecule has 3 heterocycles. The van der Waals surface area contributed by atoms with Crippen molar-refractivity contribution in [3.05, 3.63) is 63.6 Å². The van der Waals surface area contributed by atoms with Crippen LogP contribution in [0.25, 0.3) is 5.69 Å². The zero-order valence-electron chi connectivity index (χ0n) is 17.6. The number of benzene rings is 1. The van der Waals surface area contributed by atoms with Crippen LogP contribution >= 0.6 is 11.6 Å². The van der Waals surface area contributed by atoms with Crippen LogP contribution in [0.2, 0.25) is 5.02 Å². The number of hydrogen-bond acceptors (Lipinski definition) is 8. The summed E-state index contributed by atoms with van der Waals surface area (Å²) >= 11 is 6.47. The van der Waals surface area contributed by atoms with Gasteiger partial charge >= 0.3 is 0 Å². The third-order valence-corrected chi connectivity index (χ3v) is 5.75. The molecule has 1 aromatic carbocycles. The molecule has 0 amide bonds. The molecule has 4 rings (SSSR count). The number of para-hydroxylation sites is 1. The second-order valence-electron chi connectivity index (χ2n) is 7.44. The minimum absolute atomic E-state index is 0.183. The molecule has 2 aromatic heterocycles. The van der Waals surface area contributed by atoms with Crippen molar-refractivity contribution in [1.29, 1.82) is 0 Å². The number of hydrogen-bond donors (Lipinski definition) is 0. The van der Waals surface area contributed by atoms with Crippen molar-refractivity contribution < 1.29 is 9.26 Å². The molecule has 1 saturated heterocycles. The summed E-state index contributed by atoms with van der Waals surface area (Å²) in [5.74, 6) is 1.11. The number of halogens is 1. The first-order valence-corrected chi connectivity index (χ1v) is 10.6.